The molecule has 0 bridgehead atoms. The third-order valence-corrected chi connectivity index (χ3v) is 4.72. The van der Waals surface area contributed by atoms with Crippen LogP contribution < -0.4 is 9.47 Å². The van der Waals surface area contributed by atoms with Crippen molar-refractivity contribution in [2.75, 3.05) is 20.7 Å². The van der Waals surface area contributed by atoms with Gasteiger partial charge in [-0.2, -0.15) is 0 Å². The highest BCUT2D eigenvalue weighted by Gasteiger charge is 2.46. The van der Waals surface area contributed by atoms with Crippen LogP contribution in [0.1, 0.15) is 23.5 Å². The van der Waals surface area contributed by atoms with Gasteiger partial charge in [0.2, 0.25) is 0 Å². The minimum Gasteiger partial charge on any atom is -0.633 e. The molecular formula is C16H19NO4. The van der Waals surface area contributed by atoms with Crippen LogP contribution in [0.2, 0.25) is 0 Å². The van der Waals surface area contributed by atoms with Gasteiger partial charge in [-0.1, -0.05) is 6.08 Å². The average molecular weight is 289 g/mol. The van der Waals surface area contributed by atoms with E-state index in [0.29, 0.717) is 25.3 Å². The summed E-state index contributed by atoms with van der Waals surface area (Å²) in [5.74, 6) is 1.55. The number of likely N-dealkylation sites (N-methyl/N-ethyl adjacent to an activating group) is 1. The number of aliphatic hydroxyl groups excluding tert-OH is 1. The Labute approximate surface area is 123 Å². The molecule has 2 heterocycles. The molecule has 1 N–H and O–H groups in total. The lowest BCUT2D eigenvalue weighted by molar-refractivity contribution is -0.869. The van der Waals surface area contributed by atoms with Crippen LogP contribution in [0.15, 0.2) is 23.8 Å². The highest BCUT2D eigenvalue weighted by Crippen LogP contribution is 2.53. The third-order valence-electron chi connectivity index (χ3n) is 4.72. The molecule has 0 spiro atoms. The van der Waals surface area contributed by atoms with Crippen molar-refractivity contribution in [1.29, 1.82) is 0 Å². The van der Waals surface area contributed by atoms with Gasteiger partial charge >= 0.3 is 0 Å². The Morgan fingerprint density at radius 3 is 2.95 bits per heavy atom. The fraction of sp³-hybridized carbons (Fsp3) is 0.500. The zero-order valence-electron chi connectivity index (χ0n) is 12.2. The van der Waals surface area contributed by atoms with Crippen LogP contribution in [0, 0.1) is 5.21 Å². The van der Waals surface area contributed by atoms with E-state index in [1.807, 2.05) is 18.2 Å². The Hall–Kier alpha value is -1.56. The van der Waals surface area contributed by atoms with Crippen molar-refractivity contribution in [3.05, 3.63) is 40.1 Å². The summed E-state index contributed by atoms with van der Waals surface area (Å²) < 4.78 is 11.1. The number of quaternary nitrogens is 1. The first-order valence-electron chi connectivity index (χ1n) is 7.29. The minimum atomic E-state index is -0.539. The lowest BCUT2D eigenvalue weighted by Crippen LogP contribution is -2.40. The van der Waals surface area contributed by atoms with Gasteiger partial charge in [-0.25, -0.2) is 0 Å². The van der Waals surface area contributed by atoms with E-state index in [1.54, 1.807) is 14.2 Å². The average Bonchev–Trinajstić information content (AvgIpc) is 2.71. The second kappa shape index (κ2) is 4.22. The molecule has 0 aromatic heterocycles. The molecule has 0 saturated carbocycles. The van der Waals surface area contributed by atoms with Gasteiger partial charge in [0.1, 0.15) is 19.2 Å². The second-order valence-corrected chi connectivity index (χ2v) is 6.46. The van der Waals surface area contributed by atoms with Crippen molar-refractivity contribution < 1.29 is 19.2 Å². The molecular weight excluding hydrogens is 270 g/mol. The monoisotopic (exact) mass is 289 g/mol. The molecule has 4 rings (SSSR count). The molecule has 0 amide bonds. The Bertz CT molecular complexity index is 637. The SMILES string of the molecule is COc1ccc2c3c1OC1CC(O)C=C(C[N+](C)([O-])C2)C31. The molecule has 1 aliphatic carbocycles. The maximum atomic E-state index is 12.7. The molecule has 112 valence electrons. The largest absolute Gasteiger partial charge is 0.633 e. The predicted octanol–water partition coefficient (Wildman–Crippen LogP) is 1.69. The number of aliphatic hydroxyl groups is 1. The number of hydroxylamine groups is 3. The summed E-state index contributed by atoms with van der Waals surface area (Å²) in [7, 11) is 3.31. The van der Waals surface area contributed by atoms with E-state index in [2.05, 4.69) is 0 Å². The Morgan fingerprint density at radius 1 is 1.38 bits per heavy atom. The third kappa shape index (κ3) is 1.88. The first-order valence-corrected chi connectivity index (χ1v) is 7.29. The Kier molecular flexibility index (Phi) is 2.64. The highest BCUT2D eigenvalue weighted by molar-refractivity contribution is 5.59. The normalized spacial score (nSPS) is 36.4. The lowest BCUT2D eigenvalue weighted by Gasteiger charge is -2.39. The maximum Gasteiger partial charge on any atom is 0.166 e. The standard InChI is InChI=1S/C16H19NO4/c1-17(19)7-9-3-4-12(20-2)16-15(9)14-10(8-17)5-11(18)6-13(14)21-16/h3-5,11,13-14,18H,6-8H2,1-2H3. The van der Waals surface area contributed by atoms with Gasteiger partial charge in [-0.3, -0.25) is 0 Å². The summed E-state index contributed by atoms with van der Waals surface area (Å²) in [6, 6.07) is 3.85. The zero-order valence-corrected chi connectivity index (χ0v) is 12.2. The minimum absolute atomic E-state index is 0.0856. The molecule has 0 saturated heterocycles. The van der Waals surface area contributed by atoms with Gasteiger partial charge in [-0.15, -0.1) is 0 Å². The summed E-state index contributed by atoms with van der Waals surface area (Å²) >= 11 is 0. The van der Waals surface area contributed by atoms with Crippen molar-refractivity contribution in [3.63, 3.8) is 0 Å². The molecule has 1 aromatic carbocycles. The van der Waals surface area contributed by atoms with Crippen LogP contribution in [0.25, 0.3) is 0 Å². The number of nitrogens with zero attached hydrogens (tertiary/aromatic N) is 1. The fourth-order valence-electron chi connectivity index (χ4n) is 4.01. The van der Waals surface area contributed by atoms with E-state index in [0.717, 1.165) is 22.4 Å². The van der Waals surface area contributed by atoms with E-state index < -0.39 is 6.10 Å². The Balaban J connectivity index is 1.95. The van der Waals surface area contributed by atoms with Gasteiger partial charge in [0, 0.05) is 17.5 Å². The number of ether oxygens (including phenoxy) is 2. The Morgan fingerprint density at radius 2 is 2.19 bits per heavy atom. The van der Waals surface area contributed by atoms with Crippen LogP contribution in [-0.2, 0) is 6.54 Å². The number of hydrogen-bond acceptors (Lipinski definition) is 4. The van der Waals surface area contributed by atoms with Crippen LogP contribution in [0.5, 0.6) is 11.5 Å². The molecule has 4 atom stereocenters. The second-order valence-electron chi connectivity index (χ2n) is 6.46. The molecule has 0 radical (unpaired) electrons. The van der Waals surface area contributed by atoms with Gasteiger partial charge in [-0.05, 0) is 17.7 Å². The fourth-order valence-corrected chi connectivity index (χ4v) is 4.01. The van der Waals surface area contributed by atoms with E-state index in [-0.39, 0.29) is 16.7 Å². The quantitative estimate of drug-likeness (QED) is 0.485. The lowest BCUT2D eigenvalue weighted by atomic mass is 9.80. The van der Waals surface area contributed by atoms with E-state index in [4.69, 9.17) is 9.47 Å². The predicted molar refractivity (Wildman–Crippen MR) is 77.0 cm³/mol. The number of hydrogen-bond donors (Lipinski definition) is 1. The first-order chi connectivity index (χ1) is 9.98. The topological polar surface area (TPSA) is 61.8 Å². The molecule has 1 aromatic rings. The number of rotatable bonds is 1. The van der Waals surface area contributed by atoms with Crippen LogP contribution in [0.3, 0.4) is 0 Å². The van der Waals surface area contributed by atoms with Gasteiger partial charge < -0.3 is 24.4 Å². The summed E-state index contributed by atoms with van der Waals surface area (Å²) in [6.07, 6.45) is 1.78. The van der Waals surface area contributed by atoms with Gasteiger partial charge in [0.15, 0.2) is 11.5 Å². The molecule has 21 heavy (non-hydrogen) atoms. The van der Waals surface area contributed by atoms with Gasteiger partial charge in [0.25, 0.3) is 0 Å². The maximum absolute atomic E-state index is 12.7. The van der Waals surface area contributed by atoms with Crippen molar-refractivity contribution in [3.8, 4) is 11.5 Å². The number of benzene rings is 1. The van der Waals surface area contributed by atoms with Crippen LogP contribution in [-0.4, -0.2) is 42.7 Å². The molecule has 3 aliphatic rings. The van der Waals surface area contributed by atoms with Crippen LogP contribution in [0.4, 0.5) is 0 Å². The number of methoxy groups -OCH3 is 1. The molecule has 5 nitrogen and oxygen atoms in total. The zero-order chi connectivity index (χ0) is 14.8. The van der Waals surface area contributed by atoms with Crippen molar-refractivity contribution in [1.82, 2.24) is 0 Å². The van der Waals surface area contributed by atoms with E-state index in [1.165, 1.54) is 0 Å². The van der Waals surface area contributed by atoms with Crippen LogP contribution >= 0.6 is 0 Å². The highest BCUT2D eigenvalue weighted by atomic mass is 16.5. The summed E-state index contributed by atoms with van der Waals surface area (Å²) in [6.45, 7) is 0.824. The summed E-state index contributed by atoms with van der Waals surface area (Å²) in [5, 5.41) is 22.7. The summed E-state index contributed by atoms with van der Waals surface area (Å²) in [5.41, 5.74) is 3.13. The van der Waals surface area contributed by atoms with E-state index in [9.17, 15) is 10.3 Å². The first kappa shape index (κ1) is 13.1. The molecule has 4 unspecified atom stereocenters. The van der Waals surface area contributed by atoms with Crippen molar-refractivity contribution in [2.45, 2.75) is 31.1 Å². The van der Waals surface area contributed by atoms with Gasteiger partial charge in [0.05, 0.1) is 26.2 Å². The van der Waals surface area contributed by atoms with E-state index >= 15 is 0 Å². The van der Waals surface area contributed by atoms with Crippen molar-refractivity contribution >= 4 is 0 Å². The molecule has 2 aliphatic heterocycles. The summed E-state index contributed by atoms with van der Waals surface area (Å²) in [4.78, 5) is 0. The molecule has 5 heteroatoms. The van der Waals surface area contributed by atoms with Crippen molar-refractivity contribution in [2.24, 2.45) is 0 Å². The smallest absolute Gasteiger partial charge is 0.166 e. The molecule has 0 fully saturated rings.